The molecule has 0 heterocycles. The number of rotatable bonds is 4. The standard InChI is InChI=1S/C8H14O5/c1-8(13-4,7(10)12-3)5-6(9)11-2/h5H2,1-4H3. The van der Waals surface area contributed by atoms with Gasteiger partial charge in [-0.2, -0.15) is 0 Å². The quantitative estimate of drug-likeness (QED) is 0.589. The van der Waals surface area contributed by atoms with Gasteiger partial charge in [-0.15, -0.1) is 0 Å². The molecule has 0 aromatic heterocycles. The predicted octanol–water partition coefficient (Wildman–Crippen LogP) is 0.128. The lowest BCUT2D eigenvalue weighted by Gasteiger charge is -2.23. The van der Waals surface area contributed by atoms with Crippen molar-refractivity contribution in [3.8, 4) is 0 Å². The Morgan fingerprint density at radius 3 is 2.00 bits per heavy atom. The van der Waals surface area contributed by atoms with Crippen LogP contribution in [0.15, 0.2) is 0 Å². The molecule has 0 radical (unpaired) electrons. The van der Waals surface area contributed by atoms with Gasteiger partial charge >= 0.3 is 11.9 Å². The van der Waals surface area contributed by atoms with Crippen LogP contribution in [0.3, 0.4) is 0 Å². The maximum atomic E-state index is 11.2. The van der Waals surface area contributed by atoms with Gasteiger partial charge in [-0.25, -0.2) is 4.79 Å². The van der Waals surface area contributed by atoms with Crippen LogP contribution in [-0.2, 0) is 23.8 Å². The van der Waals surface area contributed by atoms with Crippen LogP contribution in [0.25, 0.3) is 0 Å². The van der Waals surface area contributed by atoms with Crippen molar-refractivity contribution in [3.05, 3.63) is 0 Å². The maximum absolute atomic E-state index is 11.2. The van der Waals surface area contributed by atoms with Crippen molar-refractivity contribution in [1.82, 2.24) is 0 Å². The van der Waals surface area contributed by atoms with Crippen molar-refractivity contribution in [1.29, 1.82) is 0 Å². The molecule has 0 aromatic rings. The minimum Gasteiger partial charge on any atom is -0.469 e. The van der Waals surface area contributed by atoms with Gasteiger partial charge in [0.25, 0.3) is 0 Å². The van der Waals surface area contributed by atoms with Crippen molar-refractivity contribution in [3.63, 3.8) is 0 Å². The average Bonchev–Trinajstić information content (AvgIpc) is 2.15. The van der Waals surface area contributed by atoms with Gasteiger partial charge in [-0.1, -0.05) is 0 Å². The Balaban J connectivity index is 4.45. The van der Waals surface area contributed by atoms with Crippen LogP contribution in [0.5, 0.6) is 0 Å². The van der Waals surface area contributed by atoms with Gasteiger partial charge in [-0.05, 0) is 6.92 Å². The maximum Gasteiger partial charge on any atom is 0.338 e. The summed E-state index contributed by atoms with van der Waals surface area (Å²) in [5, 5.41) is 0. The Labute approximate surface area is 77.0 Å². The summed E-state index contributed by atoms with van der Waals surface area (Å²) >= 11 is 0. The smallest absolute Gasteiger partial charge is 0.338 e. The van der Waals surface area contributed by atoms with E-state index in [1.807, 2.05) is 0 Å². The lowest BCUT2D eigenvalue weighted by molar-refractivity contribution is -0.170. The molecule has 0 saturated heterocycles. The molecule has 0 bridgehead atoms. The summed E-state index contributed by atoms with van der Waals surface area (Å²) in [5.74, 6) is -1.12. The van der Waals surface area contributed by atoms with Gasteiger partial charge in [0.1, 0.15) is 0 Å². The van der Waals surface area contributed by atoms with Crippen molar-refractivity contribution < 1.29 is 23.8 Å². The molecule has 0 aliphatic heterocycles. The van der Waals surface area contributed by atoms with Gasteiger partial charge in [0, 0.05) is 7.11 Å². The number of carbonyl (C=O) groups excluding carboxylic acids is 2. The van der Waals surface area contributed by atoms with E-state index < -0.39 is 17.5 Å². The highest BCUT2D eigenvalue weighted by atomic mass is 16.6. The van der Waals surface area contributed by atoms with E-state index in [1.54, 1.807) is 0 Å². The zero-order valence-corrected chi connectivity index (χ0v) is 8.25. The SMILES string of the molecule is COC(=O)CC(C)(OC)C(=O)OC. The van der Waals surface area contributed by atoms with Crippen LogP contribution in [-0.4, -0.2) is 38.9 Å². The molecule has 0 saturated carbocycles. The first-order valence-electron chi connectivity index (χ1n) is 3.70. The summed E-state index contributed by atoms with van der Waals surface area (Å²) in [4.78, 5) is 22.1. The summed E-state index contributed by atoms with van der Waals surface area (Å²) in [5.41, 5.74) is -1.26. The fraction of sp³-hybridized carbons (Fsp3) is 0.750. The summed E-state index contributed by atoms with van der Waals surface area (Å²) < 4.78 is 13.8. The highest BCUT2D eigenvalue weighted by Crippen LogP contribution is 2.16. The molecule has 13 heavy (non-hydrogen) atoms. The molecule has 5 heteroatoms. The highest BCUT2D eigenvalue weighted by Gasteiger charge is 2.37. The molecule has 0 spiro atoms. The zero-order valence-electron chi connectivity index (χ0n) is 8.25. The molecule has 0 fully saturated rings. The monoisotopic (exact) mass is 190 g/mol. The van der Waals surface area contributed by atoms with E-state index in [4.69, 9.17) is 4.74 Å². The molecule has 0 aromatic carbocycles. The lowest BCUT2D eigenvalue weighted by atomic mass is 10.0. The number of hydrogen-bond donors (Lipinski definition) is 0. The van der Waals surface area contributed by atoms with Gasteiger partial charge < -0.3 is 14.2 Å². The third kappa shape index (κ3) is 3.02. The van der Waals surface area contributed by atoms with Crippen molar-refractivity contribution in [2.24, 2.45) is 0 Å². The molecule has 1 unspecified atom stereocenters. The summed E-state index contributed by atoms with van der Waals surface area (Å²) in [7, 11) is 3.81. The third-order valence-corrected chi connectivity index (χ3v) is 1.78. The van der Waals surface area contributed by atoms with Crippen LogP contribution in [0.4, 0.5) is 0 Å². The lowest BCUT2D eigenvalue weighted by Crippen LogP contribution is -2.40. The second-order valence-corrected chi connectivity index (χ2v) is 2.68. The van der Waals surface area contributed by atoms with E-state index in [0.717, 1.165) is 0 Å². The fourth-order valence-electron chi connectivity index (χ4n) is 0.791. The second-order valence-electron chi connectivity index (χ2n) is 2.68. The topological polar surface area (TPSA) is 61.8 Å². The second kappa shape index (κ2) is 4.81. The molecule has 0 N–H and O–H groups in total. The van der Waals surface area contributed by atoms with E-state index in [2.05, 4.69) is 9.47 Å². The molecule has 0 aliphatic rings. The molecule has 0 aliphatic carbocycles. The summed E-state index contributed by atoms with van der Waals surface area (Å²) in [6, 6.07) is 0. The largest absolute Gasteiger partial charge is 0.469 e. The number of esters is 2. The van der Waals surface area contributed by atoms with E-state index in [0.29, 0.717) is 0 Å². The number of carbonyl (C=O) groups is 2. The van der Waals surface area contributed by atoms with E-state index in [9.17, 15) is 9.59 Å². The highest BCUT2D eigenvalue weighted by molar-refractivity contribution is 5.85. The van der Waals surface area contributed by atoms with Crippen molar-refractivity contribution in [2.45, 2.75) is 18.9 Å². The van der Waals surface area contributed by atoms with Crippen molar-refractivity contribution >= 4 is 11.9 Å². The van der Waals surface area contributed by atoms with Gasteiger partial charge in [0.15, 0.2) is 5.60 Å². The van der Waals surface area contributed by atoms with E-state index in [1.165, 1.54) is 28.3 Å². The Kier molecular flexibility index (Phi) is 4.40. The zero-order chi connectivity index (χ0) is 10.5. The Morgan fingerprint density at radius 1 is 1.15 bits per heavy atom. The van der Waals surface area contributed by atoms with Gasteiger partial charge in [0.05, 0.1) is 20.6 Å². The summed E-state index contributed by atoms with van der Waals surface area (Å²) in [6.45, 7) is 1.47. The normalized spacial score (nSPS) is 14.5. The first-order chi connectivity index (χ1) is 6.00. The number of hydrogen-bond acceptors (Lipinski definition) is 5. The van der Waals surface area contributed by atoms with Crippen LogP contribution in [0, 0.1) is 0 Å². The third-order valence-electron chi connectivity index (χ3n) is 1.78. The molecular formula is C8H14O5. The van der Waals surface area contributed by atoms with Gasteiger partial charge in [0.2, 0.25) is 0 Å². The van der Waals surface area contributed by atoms with Crippen molar-refractivity contribution in [2.75, 3.05) is 21.3 Å². The van der Waals surface area contributed by atoms with Crippen LogP contribution >= 0.6 is 0 Å². The predicted molar refractivity (Wildman–Crippen MR) is 44.1 cm³/mol. The molecular weight excluding hydrogens is 176 g/mol. The first kappa shape index (κ1) is 11.9. The van der Waals surface area contributed by atoms with E-state index >= 15 is 0 Å². The Hall–Kier alpha value is -1.10. The molecule has 76 valence electrons. The fourth-order valence-corrected chi connectivity index (χ4v) is 0.791. The van der Waals surface area contributed by atoms with E-state index in [-0.39, 0.29) is 6.42 Å². The van der Waals surface area contributed by atoms with Crippen LogP contribution < -0.4 is 0 Å². The molecule has 0 amide bonds. The Bertz CT molecular complexity index is 201. The van der Waals surface area contributed by atoms with Crippen LogP contribution in [0.2, 0.25) is 0 Å². The number of methoxy groups -OCH3 is 3. The average molecular weight is 190 g/mol. The minimum absolute atomic E-state index is 0.160. The summed E-state index contributed by atoms with van der Waals surface area (Å²) in [6.07, 6.45) is -0.160. The van der Waals surface area contributed by atoms with Gasteiger partial charge in [-0.3, -0.25) is 4.79 Å². The minimum atomic E-state index is -1.26. The molecule has 1 atom stereocenters. The molecule has 5 nitrogen and oxygen atoms in total. The van der Waals surface area contributed by atoms with Crippen LogP contribution in [0.1, 0.15) is 13.3 Å². The molecule has 0 rings (SSSR count). The first-order valence-corrected chi connectivity index (χ1v) is 3.70. The Morgan fingerprint density at radius 2 is 1.69 bits per heavy atom. The number of ether oxygens (including phenoxy) is 3.